The van der Waals surface area contributed by atoms with E-state index in [1.807, 2.05) is 6.07 Å². The van der Waals surface area contributed by atoms with E-state index < -0.39 is 0 Å². The number of benzene rings is 1. The summed E-state index contributed by atoms with van der Waals surface area (Å²) in [5, 5.41) is 4.21. The van der Waals surface area contributed by atoms with Gasteiger partial charge in [0.05, 0.1) is 0 Å². The lowest BCUT2D eigenvalue weighted by molar-refractivity contribution is 0.829. The normalized spacial score (nSPS) is 15.2. The van der Waals surface area contributed by atoms with Crippen molar-refractivity contribution in [2.24, 2.45) is 0 Å². The van der Waals surface area contributed by atoms with Gasteiger partial charge in [0.2, 0.25) is 0 Å². The molecule has 1 aliphatic heterocycles. The first-order valence-corrected chi connectivity index (χ1v) is 4.68. The molecule has 0 saturated heterocycles. The minimum absolute atomic E-state index is 0.864. The molecule has 2 heteroatoms. The average Bonchev–Trinajstić information content (AvgIpc) is 2.07. The molecule has 0 aromatic heterocycles. The number of aryl methyl sites for hydroxylation is 2. The Hall–Kier alpha value is -0.690. The predicted molar refractivity (Wildman–Crippen MR) is 53.0 cm³/mol. The fourth-order valence-electron chi connectivity index (χ4n) is 1.61. The standard InChI is InChI=1S/C10H12ClN/c1-7-5-8-3-2-4-12-10(8)6-9(7)11/h5-6,12H,2-4H2,1H3. The van der Waals surface area contributed by atoms with Gasteiger partial charge in [-0.1, -0.05) is 17.7 Å². The van der Waals surface area contributed by atoms with E-state index in [-0.39, 0.29) is 0 Å². The van der Waals surface area contributed by atoms with E-state index in [1.165, 1.54) is 29.7 Å². The third-order valence-corrected chi connectivity index (χ3v) is 2.73. The third kappa shape index (κ3) is 1.29. The summed E-state index contributed by atoms with van der Waals surface area (Å²) < 4.78 is 0. The van der Waals surface area contributed by atoms with Crippen LogP contribution >= 0.6 is 11.6 Å². The van der Waals surface area contributed by atoms with Crippen molar-refractivity contribution < 1.29 is 0 Å². The van der Waals surface area contributed by atoms with Gasteiger partial charge in [-0.3, -0.25) is 0 Å². The van der Waals surface area contributed by atoms with Crippen molar-refractivity contribution in [3.8, 4) is 0 Å². The van der Waals surface area contributed by atoms with Crippen LogP contribution in [0, 0.1) is 6.92 Å². The Balaban J connectivity index is 2.49. The zero-order valence-corrected chi connectivity index (χ0v) is 7.91. The number of hydrogen-bond donors (Lipinski definition) is 1. The van der Waals surface area contributed by atoms with Gasteiger partial charge in [0.15, 0.2) is 0 Å². The van der Waals surface area contributed by atoms with Gasteiger partial charge in [0.25, 0.3) is 0 Å². The molecule has 0 unspecified atom stereocenters. The van der Waals surface area contributed by atoms with Crippen LogP contribution in [0.5, 0.6) is 0 Å². The van der Waals surface area contributed by atoms with Gasteiger partial charge in [0, 0.05) is 17.3 Å². The number of fused-ring (bicyclic) bond motifs is 1. The van der Waals surface area contributed by atoms with E-state index in [1.54, 1.807) is 0 Å². The number of halogens is 1. The Labute approximate surface area is 77.7 Å². The summed E-state index contributed by atoms with van der Waals surface area (Å²) in [4.78, 5) is 0. The highest BCUT2D eigenvalue weighted by Crippen LogP contribution is 2.28. The number of rotatable bonds is 0. The number of nitrogens with one attached hydrogen (secondary N) is 1. The van der Waals surface area contributed by atoms with Crippen LogP contribution in [0.3, 0.4) is 0 Å². The smallest absolute Gasteiger partial charge is 0.0455 e. The third-order valence-electron chi connectivity index (χ3n) is 2.32. The largest absolute Gasteiger partial charge is 0.385 e. The first kappa shape index (κ1) is 7.93. The van der Waals surface area contributed by atoms with Gasteiger partial charge in [-0.25, -0.2) is 0 Å². The molecule has 0 amide bonds. The predicted octanol–water partition coefficient (Wildman–Crippen LogP) is 3.01. The van der Waals surface area contributed by atoms with E-state index in [0.717, 1.165) is 11.6 Å². The zero-order valence-electron chi connectivity index (χ0n) is 7.15. The molecule has 12 heavy (non-hydrogen) atoms. The lowest BCUT2D eigenvalue weighted by atomic mass is 10.0. The van der Waals surface area contributed by atoms with Crippen LogP contribution in [0.1, 0.15) is 17.5 Å². The van der Waals surface area contributed by atoms with Crippen LogP contribution < -0.4 is 5.32 Å². The molecule has 1 nitrogen and oxygen atoms in total. The first-order valence-electron chi connectivity index (χ1n) is 4.30. The Kier molecular flexibility index (Phi) is 1.97. The molecule has 1 aromatic rings. The van der Waals surface area contributed by atoms with Crippen molar-refractivity contribution in [1.29, 1.82) is 0 Å². The fourth-order valence-corrected chi connectivity index (χ4v) is 1.78. The Morgan fingerprint density at radius 1 is 1.42 bits per heavy atom. The molecule has 1 aromatic carbocycles. The maximum Gasteiger partial charge on any atom is 0.0455 e. The van der Waals surface area contributed by atoms with Crippen LogP contribution in [-0.4, -0.2) is 6.54 Å². The molecule has 0 fully saturated rings. The second kappa shape index (κ2) is 2.98. The van der Waals surface area contributed by atoms with E-state index >= 15 is 0 Å². The highest BCUT2D eigenvalue weighted by Gasteiger charge is 2.09. The molecule has 1 aliphatic rings. The molecular formula is C10H12ClN. The van der Waals surface area contributed by atoms with Crippen molar-refractivity contribution in [2.45, 2.75) is 19.8 Å². The van der Waals surface area contributed by atoms with Crippen molar-refractivity contribution in [3.63, 3.8) is 0 Å². The van der Waals surface area contributed by atoms with E-state index in [0.29, 0.717) is 0 Å². The minimum atomic E-state index is 0.864. The van der Waals surface area contributed by atoms with Crippen molar-refractivity contribution in [1.82, 2.24) is 0 Å². The minimum Gasteiger partial charge on any atom is -0.385 e. The number of hydrogen-bond acceptors (Lipinski definition) is 1. The molecule has 1 N–H and O–H groups in total. The van der Waals surface area contributed by atoms with Crippen LogP contribution in [0.25, 0.3) is 0 Å². The van der Waals surface area contributed by atoms with Gasteiger partial charge in [-0.2, -0.15) is 0 Å². The summed E-state index contributed by atoms with van der Waals surface area (Å²) in [5.41, 5.74) is 3.80. The Bertz CT molecular complexity index is 276. The molecule has 0 spiro atoms. The highest BCUT2D eigenvalue weighted by atomic mass is 35.5. The summed E-state index contributed by atoms with van der Waals surface area (Å²) in [5.74, 6) is 0. The van der Waals surface area contributed by atoms with E-state index in [9.17, 15) is 0 Å². The second-order valence-electron chi connectivity index (χ2n) is 3.29. The second-order valence-corrected chi connectivity index (χ2v) is 3.70. The lowest BCUT2D eigenvalue weighted by Crippen LogP contribution is -2.11. The van der Waals surface area contributed by atoms with Crippen molar-refractivity contribution in [2.75, 3.05) is 11.9 Å². The monoisotopic (exact) mass is 181 g/mol. The molecule has 2 rings (SSSR count). The Morgan fingerprint density at radius 3 is 3.08 bits per heavy atom. The molecule has 0 bridgehead atoms. The molecule has 0 aliphatic carbocycles. The van der Waals surface area contributed by atoms with Crippen LogP contribution in [-0.2, 0) is 6.42 Å². The number of anilines is 1. The highest BCUT2D eigenvalue weighted by molar-refractivity contribution is 6.31. The maximum absolute atomic E-state index is 6.01. The Morgan fingerprint density at radius 2 is 2.25 bits per heavy atom. The molecule has 0 saturated carbocycles. The van der Waals surface area contributed by atoms with Crippen molar-refractivity contribution >= 4 is 17.3 Å². The molecule has 0 radical (unpaired) electrons. The summed E-state index contributed by atoms with van der Waals surface area (Å²) in [6.45, 7) is 3.13. The summed E-state index contributed by atoms with van der Waals surface area (Å²) >= 11 is 6.01. The zero-order chi connectivity index (χ0) is 8.55. The van der Waals surface area contributed by atoms with E-state index in [2.05, 4.69) is 18.3 Å². The van der Waals surface area contributed by atoms with Gasteiger partial charge < -0.3 is 5.32 Å². The summed E-state index contributed by atoms with van der Waals surface area (Å²) in [6.07, 6.45) is 2.41. The topological polar surface area (TPSA) is 12.0 Å². The van der Waals surface area contributed by atoms with Gasteiger partial charge in [-0.15, -0.1) is 0 Å². The van der Waals surface area contributed by atoms with Crippen LogP contribution in [0.2, 0.25) is 5.02 Å². The average molecular weight is 182 g/mol. The fraction of sp³-hybridized carbons (Fsp3) is 0.400. The van der Waals surface area contributed by atoms with Gasteiger partial charge in [-0.05, 0) is 37.0 Å². The molecule has 0 atom stereocenters. The molecular weight excluding hydrogens is 170 g/mol. The summed E-state index contributed by atoms with van der Waals surface area (Å²) in [6, 6.07) is 4.22. The molecule has 1 heterocycles. The SMILES string of the molecule is Cc1cc2c(cc1Cl)NCCC2. The lowest BCUT2D eigenvalue weighted by Gasteiger charge is -2.18. The first-order chi connectivity index (χ1) is 5.77. The maximum atomic E-state index is 6.01. The van der Waals surface area contributed by atoms with Crippen LogP contribution in [0.15, 0.2) is 12.1 Å². The van der Waals surface area contributed by atoms with Gasteiger partial charge >= 0.3 is 0 Å². The van der Waals surface area contributed by atoms with Crippen LogP contribution in [0.4, 0.5) is 5.69 Å². The van der Waals surface area contributed by atoms with E-state index in [4.69, 9.17) is 11.6 Å². The van der Waals surface area contributed by atoms with Gasteiger partial charge in [0.1, 0.15) is 0 Å². The van der Waals surface area contributed by atoms with Crippen molar-refractivity contribution in [3.05, 3.63) is 28.3 Å². The quantitative estimate of drug-likeness (QED) is 0.649. The summed E-state index contributed by atoms with van der Waals surface area (Å²) in [7, 11) is 0. The molecule has 64 valence electrons.